The van der Waals surface area contributed by atoms with Gasteiger partial charge in [0.25, 0.3) is 5.56 Å². The van der Waals surface area contributed by atoms with Crippen LogP contribution in [0.2, 0.25) is 0 Å². The van der Waals surface area contributed by atoms with Gasteiger partial charge in [0.1, 0.15) is 6.04 Å². The average Bonchev–Trinajstić information content (AvgIpc) is 2.47. The van der Waals surface area contributed by atoms with Crippen LogP contribution in [0.4, 0.5) is 0 Å². The molecule has 0 aliphatic heterocycles. The normalized spacial score (nSPS) is 13.4. The number of hydrogen-bond donors (Lipinski definition) is 2. The molecule has 0 aliphatic carbocycles. The van der Waals surface area contributed by atoms with Gasteiger partial charge in [0.2, 0.25) is 5.91 Å². The van der Waals surface area contributed by atoms with E-state index >= 15 is 0 Å². The van der Waals surface area contributed by atoms with Crippen LogP contribution in [0.15, 0.2) is 23.1 Å². The number of hydrogen-bond acceptors (Lipinski definition) is 3. The van der Waals surface area contributed by atoms with E-state index in [1.165, 1.54) is 6.07 Å². The predicted molar refractivity (Wildman–Crippen MR) is 83.7 cm³/mol. The summed E-state index contributed by atoms with van der Waals surface area (Å²) in [5.74, 6) is -1.44. The minimum Gasteiger partial charge on any atom is -0.480 e. The van der Waals surface area contributed by atoms with Crippen molar-refractivity contribution in [2.24, 2.45) is 5.92 Å². The van der Waals surface area contributed by atoms with E-state index in [0.717, 1.165) is 5.56 Å². The van der Waals surface area contributed by atoms with Crippen molar-refractivity contribution in [3.8, 4) is 0 Å². The minimum atomic E-state index is -1.02. The van der Waals surface area contributed by atoms with E-state index in [-0.39, 0.29) is 23.8 Å². The molecule has 2 atom stereocenters. The highest BCUT2D eigenvalue weighted by molar-refractivity contribution is 5.83. The van der Waals surface area contributed by atoms with Gasteiger partial charge in [-0.05, 0) is 24.8 Å². The number of nitrogens with zero attached hydrogens (tertiary/aromatic N) is 1. The van der Waals surface area contributed by atoms with E-state index in [1.54, 1.807) is 23.8 Å². The smallest absolute Gasteiger partial charge is 0.326 e. The molecular formula is C16H24N2O4. The van der Waals surface area contributed by atoms with Crippen molar-refractivity contribution in [2.75, 3.05) is 0 Å². The Labute approximate surface area is 130 Å². The van der Waals surface area contributed by atoms with Crippen LogP contribution in [-0.2, 0) is 16.1 Å². The van der Waals surface area contributed by atoms with E-state index in [1.807, 2.05) is 13.8 Å². The van der Waals surface area contributed by atoms with Crippen LogP contribution in [-0.4, -0.2) is 27.6 Å². The van der Waals surface area contributed by atoms with Crippen molar-refractivity contribution in [3.63, 3.8) is 0 Å². The van der Waals surface area contributed by atoms with Crippen LogP contribution in [0.3, 0.4) is 0 Å². The molecule has 1 amide bonds. The Morgan fingerprint density at radius 1 is 1.36 bits per heavy atom. The molecule has 2 N–H and O–H groups in total. The fourth-order valence-electron chi connectivity index (χ4n) is 2.16. The Bertz CT molecular complexity index is 580. The van der Waals surface area contributed by atoms with Crippen molar-refractivity contribution in [2.45, 2.75) is 52.6 Å². The molecule has 0 aliphatic rings. The van der Waals surface area contributed by atoms with Crippen molar-refractivity contribution in [3.05, 3.63) is 34.2 Å². The van der Waals surface area contributed by atoms with Gasteiger partial charge in [0.15, 0.2) is 0 Å². The molecule has 1 aromatic heterocycles. The maximum Gasteiger partial charge on any atom is 0.326 e. The van der Waals surface area contributed by atoms with Crippen molar-refractivity contribution >= 4 is 11.9 Å². The SMILES string of the molecule is CCC(C)C(NC(=O)CCCn1cc(C)ccc1=O)C(=O)O. The first kappa shape index (κ1) is 17.9. The Balaban J connectivity index is 2.50. The summed E-state index contributed by atoms with van der Waals surface area (Å²) in [7, 11) is 0. The molecule has 0 saturated heterocycles. The third-order valence-electron chi connectivity index (χ3n) is 3.73. The molecule has 0 aromatic carbocycles. The van der Waals surface area contributed by atoms with E-state index in [9.17, 15) is 14.4 Å². The van der Waals surface area contributed by atoms with Gasteiger partial charge >= 0.3 is 5.97 Å². The number of carboxylic acid groups (broad SMARTS) is 1. The van der Waals surface area contributed by atoms with Crippen LogP contribution >= 0.6 is 0 Å². The zero-order valence-corrected chi connectivity index (χ0v) is 13.3. The molecule has 0 spiro atoms. The summed E-state index contributed by atoms with van der Waals surface area (Å²) in [5.41, 5.74) is 0.876. The maximum absolute atomic E-state index is 11.9. The Kier molecular flexibility index (Phi) is 6.82. The van der Waals surface area contributed by atoms with Gasteiger partial charge < -0.3 is 15.0 Å². The lowest BCUT2D eigenvalue weighted by Gasteiger charge is -2.20. The van der Waals surface area contributed by atoms with Gasteiger partial charge in [-0.25, -0.2) is 4.79 Å². The summed E-state index contributed by atoms with van der Waals surface area (Å²) in [6.45, 7) is 6.02. The molecule has 122 valence electrons. The predicted octanol–water partition coefficient (Wildman–Crippen LogP) is 1.55. The molecule has 22 heavy (non-hydrogen) atoms. The van der Waals surface area contributed by atoms with E-state index in [2.05, 4.69) is 5.32 Å². The van der Waals surface area contributed by atoms with Crippen molar-refractivity contribution < 1.29 is 14.7 Å². The van der Waals surface area contributed by atoms with Gasteiger partial charge in [-0.2, -0.15) is 0 Å². The van der Waals surface area contributed by atoms with Gasteiger partial charge in [-0.3, -0.25) is 9.59 Å². The summed E-state index contributed by atoms with van der Waals surface area (Å²) in [6, 6.07) is 2.38. The fraction of sp³-hybridized carbons (Fsp3) is 0.562. The van der Waals surface area contributed by atoms with Gasteiger partial charge in [0, 0.05) is 25.2 Å². The van der Waals surface area contributed by atoms with Gasteiger partial charge in [0.05, 0.1) is 0 Å². The van der Waals surface area contributed by atoms with Crippen LogP contribution < -0.4 is 10.9 Å². The summed E-state index contributed by atoms with van der Waals surface area (Å²) in [4.78, 5) is 34.6. The first-order chi connectivity index (χ1) is 10.3. The highest BCUT2D eigenvalue weighted by Gasteiger charge is 2.24. The van der Waals surface area contributed by atoms with E-state index < -0.39 is 12.0 Å². The summed E-state index contributed by atoms with van der Waals surface area (Å²) in [5, 5.41) is 11.7. The Hall–Kier alpha value is -2.11. The topological polar surface area (TPSA) is 88.4 Å². The van der Waals surface area contributed by atoms with Crippen LogP contribution in [0.5, 0.6) is 0 Å². The van der Waals surface area contributed by atoms with Crippen LogP contribution in [0.25, 0.3) is 0 Å². The zero-order chi connectivity index (χ0) is 16.7. The number of aliphatic carboxylic acids is 1. The van der Waals surface area contributed by atoms with E-state index in [0.29, 0.717) is 19.4 Å². The number of carboxylic acids is 1. The maximum atomic E-state index is 11.9. The molecule has 1 rings (SSSR count). The molecule has 0 saturated carbocycles. The first-order valence-corrected chi connectivity index (χ1v) is 7.54. The van der Waals surface area contributed by atoms with Crippen molar-refractivity contribution in [1.29, 1.82) is 0 Å². The number of carbonyl (C=O) groups excluding carboxylic acids is 1. The number of amides is 1. The molecular weight excluding hydrogens is 284 g/mol. The monoisotopic (exact) mass is 308 g/mol. The van der Waals surface area contributed by atoms with Crippen LogP contribution in [0, 0.1) is 12.8 Å². The lowest BCUT2D eigenvalue weighted by molar-refractivity contribution is -0.143. The Morgan fingerprint density at radius 3 is 2.64 bits per heavy atom. The Morgan fingerprint density at radius 2 is 2.05 bits per heavy atom. The minimum absolute atomic E-state index is 0.103. The van der Waals surface area contributed by atoms with Gasteiger partial charge in [-0.1, -0.05) is 26.3 Å². The number of pyridine rings is 1. The number of rotatable bonds is 8. The molecule has 6 nitrogen and oxygen atoms in total. The lowest BCUT2D eigenvalue weighted by atomic mass is 9.99. The third kappa shape index (κ3) is 5.35. The third-order valence-corrected chi connectivity index (χ3v) is 3.73. The standard InChI is InChI=1S/C16H24N2O4/c1-4-12(3)15(16(21)22)17-13(19)6-5-9-18-10-11(2)7-8-14(18)20/h7-8,10,12,15H,4-6,9H2,1-3H3,(H,17,19)(H,21,22). The molecule has 2 unspecified atom stereocenters. The zero-order valence-electron chi connectivity index (χ0n) is 13.3. The second-order valence-electron chi connectivity index (χ2n) is 5.61. The van der Waals surface area contributed by atoms with Crippen LogP contribution in [0.1, 0.15) is 38.7 Å². The number of nitrogens with one attached hydrogen (secondary N) is 1. The summed E-state index contributed by atoms with van der Waals surface area (Å²) in [6.07, 6.45) is 3.11. The second kappa shape index (κ2) is 8.36. The number of aryl methyl sites for hydroxylation is 2. The van der Waals surface area contributed by atoms with Gasteiger partial charge in [-0.15, -0.1) is 0 Å². The number of aromatic nitrogens is 1. The largest absolute Gasteiger partial charge is 0.480 e. The molecule has 1 aromatic rings. The first-order valence-electron chi connectivity index (χ1n) is 7.54. The summed E-state index contributed by atoms with van der Waals surface area (Å²) >= 11 is 0. The lowest BCUT2D eigenvalue weighted by Crippen LogP contribution is -2.45. The fourth-order valence-corrected chi connectivity index (χ4v) is 2.16. The summed E-state index contributed by atoms with van der Waals surface area (Å²) < 4.78 is 1.56. The van der Waals surface area contributed by atoms with E-state index in [4.69, 9.17) is 5.11 Å². The molecule has 0 fully saturated rings. The molecule has 0 radical (unpaired) electrons. The quantitative estimate of drug-likeness (QED) is 0.762. The average molecular weight is 308 g/mol. The number of carbonyl (C=O) groups is 2. The molecule has 6 heteroatoms. The highest BCUT2D eigenvalue weighted by atomic mass is 16.4. The molecule has 0 bridgehead atoms. The van der Waals surface area contributed by atoms with Crippen molar-refractivity contribution in [1.82, 2.24) is 9.88 Å². The highest BCUT2D eigenvalue weighted by Crippen LogP contribution is 2.08. The molecule has 1 heterocycles. The second-order valence-corrected chi connectivity index (χ2v) is 5.61.